The van der Waals surface area contributed by atoms with Gasteiger partial charge < -0.3 is 4.74 Å². The Morgan fingerprint density at radius 1 is 1.29 bits per heavy atom. The van der Waals surface area contributed by atoms with Gasteiger partial charge in [-0.25, -0.2) is 4.39 Å². The van der Waals surface area contributed by atoms with Gasteiger partial charge in [0.25, 0.3) is 0 Å². The van der Waals surface area contributed by atoms with Crippen LogP contribution in [0, 0.1) is 12.7 Å². The average molecular weight is 372 g/mol. The van der Waals surface area contributed by atoms with E-state index in [2.05, 4.69) is 29.8 Å². The molecule has 0 amide bonds. The largest absolute Gasteiger partial charge is 0.489 e. The van der Waals surface area contributed by atoms with E-state index in [-0.39, 0.29) is 5.82 Å². The first-order chi connectivity index (χ1) is 9.90. The van der Waals surface area contributed by atoms with Gasteiger partial charge in [-0.3, -0.25) is 0 Å². The van der Waals surface area contributed by atoms with Crippen molar-refractivity contribution in [1.82, 2.24) is 0 Å². The monoisotopic (exact) mass is 370 g/mol. The highest BCUT2D eigenvalue weighted by molar-refractivity contribution is 9.10. The Kier molecular flexibility index (Phi) is 5.28. The van der Waals surface area contributed by atoms with E-state index in [1.54, 1.807) is 6.07 Å². The Balaban J connectivity index is 2.24. The number of hydrogen-bond donors (Lipinski definition) is 0. The summed E-state index contributed by atoms with van der Waals surface area (Å²) in [6.07, 6.45) is 0. The minimum absolute atomic E-state index is 0.285. The standard InChI is InChI=1S/C17H17BrClFO/c1-10(2)13-8-16(11(3)7-14(13)19)21-9-12-5-4-6-15(20)17(12)18/h4-8,10H,9H2,1-3H3. The van der Waals surface area contributed by atoms with E-state index in [1.807, 2.05) is 25.1 Å². The summed E-state index contributed by atoms with van der Waals surface area (Å²) < 4.78 is 19.8. The molecule has 1 nitrogen and oxygen atoms in total. The van der Waals surface area contributed by atoms with Crippen LogP contribution in [0.3, 0.4) is 0 Å². The highest BCUT2D eigenvalue weighted by Crippen LogP contribution is 2.32. The summed E-state index contributed by atoms with van der Waals surface area (Å²) >= 11 is 9.49. The summed E-state index contributed by atoms with van der Waals surface area (Å²) in [7, 11) is 0. The van der Waals surface area contributed by atoms with Gasteiger partial charge in [0.05, 0.1) is 4.47 Å². The molecule has 2 rings (SSSR count). The molecule has 2 aromatic carbocycles. The normalized spacial score (nSPS) is 11.0. The summed E-state index contributed by atoms with van der Waals surface area (Å²) in [6, 6.07) is 8.80. The van der Waals surface area contributed by atoms with Crippen molar-refractivity contribution in [2.75, 3.05) is 0 Å². The molecule has 0 radical (unpaired) electrons. The molecule has 0 aliphatic carbocycles. The third-order valence-electron chi connectivity index (χ3n) is 3.33. The number of benzene rings is 2. The molecule has 0 bridgehead atoms. The second-order valence-electron chi connectivity index (χ2n) is 5.30. The lowest BCUT2D eigenvalue weighted by Crippen LogP contribution is -2.01. The van der Waals surface area contributed by atoms with Gasteiger partial charge in [0, 0.05) is 10.6 Å². The minimum Gasteiger partial charge on any atom is -0.489 e. The van der Waals surface area contributed by atoms with Crippen LogP contribution in [0.1, 0.15) is 36.5 Å². The van der Waals surface area contributed by atoms with Gasteiger partial charge in [-0.1, -0.05) is 37.6 Å². The molecule has 0 spiro atoms. The highest BCUT2D eigenvalue weighted by Gasteiger charge is 2.11. The molecule has 2 aromatic rings. The molecule has 0 aliphatic rings. The van der Waals surface area contributed by atoms with Crippen LogP contribution in [0.2, 0.25) is 5.02 Å². The smallest absolute Gasteiger partial charge is 0.137 e. The maximum atomic E-state index is 13.5. The van der Waals surface area contributed by atoms with Gasteiger partial charge >= 0.3 is 0 Å². The summed E-state index contributed by atoms with van der Waals surface area (Å²) in [4.78, 5) is 0. The van der Waals surface area contributed by atoms with Crippen LogP contribution in [-0.2, 0) is 6.61 Å². The Hall–Kier alpha value is -1.06. The minimum atomic E-state index is -0.285. The van der Waals surface area contributed by atoms with Crippen LogP contribution in [0.4, 0.5) is 4.39 Å². The van der Waals surface area contributed by atoms with Crippen LogP contribution < -0.4 is 4.74 Å². The molecule has 0 atom stereocenters. The van der Waals surface area contributed by atoms with Crippen LogP contribution in [-0.4, -0.2) is 0 Å². The Labute approximate surface area is 138 Å². The molecule has 0 saturated heterocycles. The molecule has 0 saturated carbocycles. The van der Waals surface area contributed by atoms with Crippen molar-refractivity contribution < 1.29 is 9.13 Å². The van der Waals surface area contributed by atoms with Gasteiger partial charge in [-0.05, 0) is 58.1 Å². The summed E-state index contributed by atoms with van der Waals surface area (Å²) in [5.74, 6) is 0.812. The summed E-state index contributed by atoms with van der Waals surface area (Å²) in [5, 5.41) is 0.752. The number of ether oxygens (including phenoxy) is 1. The number of halogens is 3. The van der Waals surface area contributed by atoms with E-state index >= 15 is 0 Å². The molecule has 0 aromatic heterocycles. The third kappa shape index (κ3) is 3.78. The Bertz CT molecular complexity index is 655. The van der Waals surface area contributed by atoms with Crippen LogP contribution >= 0.6 is 27.5 Å². The van der Waals surface area contributed by atoms with Crippen LogP contribution in [0.25, 0.3) is 0 Å². The van der Waals surface area contributed by atoms with Crippen molar-refractivity contribution >= 4 is 27.5 Å². The van der Waals surface area contributed by atoms with Crippen molar-refractivity contribution in [3.8, 4) is 5.75 Å². The van der Waals surface area contributed by atoms with Gasteiger partial charge in [0.1, 0.15) is 18.2 Å². The lowest BCUT2D eigenvalue weighted by atomic mass is 10.0. The third-order valence-corrected chi connectivity index (χ3v) is 4.55. The van der Waals surface area contributed by atoms with Crippen LogP contribution in [0.5, 0.6) is 5.75 Å². The van der Waals surface area contributed by atoms with E-state index < -0.39 is 0 Å². The van der Waals surface area contributed by atoms with E-state index in [1.165, 1.54) is 6.07 Å². The molecule has 21 heavy (non-hydrogen) atoms. The zero-order valence-electron chi connectivity index (χ0n) is 12.2. The van der Waals surface area contributed by atoms with Crippen molar-refractivity contribution in [2.24, 2.45) is 0 Å². The van der Waals surface area contributed by atoms with Gasteiger partial charge in [0.15, 0.2) is 0 Å². The quantitative estimate of drug-likeness (QED) is 0.617. The lowest BCUT2D eigenvalue weighted by molar-refractivity contribution is 0.302. The first kappa shape index (κ1) is 16.3. The van der Waals surface area contributed by atoms with E-state index in [0.717, 1.165) is 27.5 Å². The predicted molar refractivity (Wildman–Crippen MR) is 88.7 cm³/mol. The van der Waals surface area contributed by atoms with E-state index in [4.69, 9.17) is 16.3 Å². The zero-order chi connectivity index (χ0) is 15.6. The first-order valence-electron chi connectivity index (χ1n) is 6.76. The molecule has 0 aliphatic heterocycles. The van der Waals surface area contributed by atoms with E-state index in [0.29, 0.717) is 17.0 Å². The molecular formula is C17H17BrClFO. The average Bonchev–Trinajstić information content (AvgIpc) is 2.41. The SMILES string of the molecule is Cc1cc(Cl)c(C(C)C)cc1OCc1cccc(F)c1Br. The topological polar surface area (TPSA) is 9.23 Å². The van der Waals surface area contributed by atoms with Crippen LogP contribution in [0.15, 0.2) is 34.8 Å². The molecule has 0 heterocycles. The fourth-order valence-corrected chi connectivity index (χ4v) is 2.90. The second kappa shape index (κ2) is 6.80. The number of hydrogen-bond acceptors (Lipinski definition) is 1. The van der Waals surface area contributed by atoms with Gasteiger partial charge in [-0.15, -0.1) is 0 Å². The summed E-state index contributed by atoms with van der Waals surface area (Å²) in [6.45, 7) is 6.43. The fraction of sp³-hybridized carbons (Fsp3) is 0.294. The fourth-order valence-electron chi connectivity index (χ4n) is 2.08. The lowest BCUT2D eigenvalue weighted by Gasteiger charge is -2.15. The molecule has 0 unspecified atom stereocenters. The molecule has 0 N–H and O–H groups in total. The highest BCUT2D eigenvalue weighted by atomic mass is 79.9. The molecule has 4 heteroatoms. The Morgan fingerprint density at radius 3 is 2.67 bits per heavy atom. The molecule has 112 valence electrons. The summed E-state index contributed by atoms with van der Waals surface area (Å²) in [5.41, 5.74) is 2.79. The Morgan fingerprint density at radius 2 is 2.00 bits per heavy atom. The second-order valence-corrected chi connectivity index (χ2v) is 6.50. The molecular weight excluding hydrogens is 355 g/mol. The maximum absolute atomic E-state index is 13.5. The van der Waals surface area contributed by atoms with Crippen molar-refractivity contribution in [3.05, 3.63) is 62.3 Å². The molecule has 0 fully saturated rings. The van der Waals surface area contributed by atoms with E-state index in [9.17, 15) is 4.39 Å². The van der Waals surface area contributed by atoms with Gasteiger partial charge in [-0.2, -0.15) is 0 Å². The van der Waals surface area contributed by atoms with Gasteiger partial charge in [0.2, 0.25) is 0 Å². The number of aryl methyl sites for hydroxylation is 1. The van der Waals surface area contributed by atoms with Crippen molar-refractivity contribution in [2.45, 2.75) is 33.3 Å². The predicted octanol–water partition coefficient (Wildman–Crippen LogP) is 6.25. The van der Waals surface area contributed by atoms with Crippen molar-refractivity contribution in [1.29, 1.82) is 0 Å². The van der Waals surface area contributed by atoms with Crippen molar-refractivity contribution in [3.63, 3.8) is 0 Å². The number of rotatable bonds is 4. The zero-order valence-corrected chi connectivity index (χ0v) is 14.6. The maximum Gasteiger partial charge on any atom is 0.137 e. The first-order valence-corrected chi connectivity index (χ1v) is 7.93.